The fraction of sp³-hybridized carbons (Fsp3) is 0.500. The van der Waals surface area contributed by atoms with Crippen molar-refractivity contribution in [2.75, 3.05) is 32.7 Å². The van der Waals surface area contributed by atoms with Crippen LogP contribution in [0.5, 0.6) is 11.5 Å². The first-order valence-corrected chi connectivity index (χ1v) is 11.4. The molecule has 2 aliphatic rings. The maximum atomic E-state index is 12.6. The van der Waals surface area contributed by atoms with Gasteiger partial charge in [-0.1, -0.05) is 31.9 Å². The Morgan fingerprint density at radius 1 is 1.06 bits per heavy atom. The molecule has 1 aliphatic carbocycles. The molecule has 3 rings (SSSR count). The number of esters is 1. The molecule has 4 atom stereocenters. The third-order valence-electron chi connectivity index (χ3n) is 5.34. The van der Waals surface area contributed by atoms with Crippen LogP contribution in [0.1, 0.15) is 12.8 Å². The van der Waals surface area contributed by atoms with Crippen molar-refractivity contribution in [1.29, 1.82) is 0 Å². The van der Waals surface area contributed by atoms with Gasteiger partial charge in [-0.25, -0.2) is 0 Å². The molecule has 1 saturated heterocycles. The fourth-order valence-electron chi connectivity index (χ4n) is 3.74. The molecule has 9 nitrogen and oxygen atoms in total. The largest absolute Gasteiger partial charge is 0.497 e. The molecule has 1 saturated carbocycles. The summed E-state index contributed by atoms with van der Waals surface area (Å²) >= 11 is 7.03. The molecule has 3 amide bonds. The van der Waals surface area contributed by atoms with Gasteiger partial charge in [0.15, 0.2) is 6.61 Å². The summed E-state index contributed by atoms with van der Waals surface area (Å²) in [5, 5.41) is 2.57. The summed E-state index contributed by atoms with van der Waals surface area (Å²) in [4.78, 5) is 50.7. The Labute approximate surface area is 196 Å². The number of anilines is 1. The molecule has 11 heteroatoms. The molecule has 2 fully saturated rings. The van der Waals surface area contributed by atoms with E-state index in [1.165, 1.54) is 14.2 Å². The predicted octanol–water partition coefficient (Wildman–Crippen LogP) is 2.11. The number of methoxy groups -OCH3 is 2. The molecule has 168 valence electrons. The predicted molar refractivity (Wildman–Crippen MR) is 117 cm³/mol. The number of carbonyl (C=O) groups is 4. The van der Waals surface area contributed by atoms with Gasteiger partial charge in [0.05, 0.1) is 31.7 Å². The van der Waals surface area contributed by atoms with E-state index in [1.807, 2.05) is 0 Å². The number of benzene rings is 1. The third kappa shape index (κ3) is 5.20. The molecule has 0 unspecified atom stereocenters. The van der Waals surface area contributed by atoms with Crippen LogP contribution in [0.2, 0.25) is 0 Å². The van der Waals surface area contributed by atoms with Crippen LogP contribution in [0, 0.1) is 11.8 Å². The van der Waals surface area contributed by atoms with Crippen molar-refractivity contribution in [1.82, 2.24) is 4.90 Å². The first-order chi connectivity index (χ1) is 14.7. The zero-order valence-electron chi connectivity index (χ0n) is 16.9. The number of hydrogen-bond acceptors (Lipinski definition) is 7. The van der Waals surface area contributed by atoms with E-state index in [4.69, 9.17) is 14.2 Å². The van der Waals surface area contributed by atoms with E-state index in [0.29, 0.717) is 30.0 Å². The number of amides is 3. The summed E-state index contributed by atoms with van der Waals surface area (Å²) in [6.07, 6.45) is 1.03. The Kier molecular flexibility index (Phi) is 7.58. The monoisotopic (exact) mass is 560 g/mol. The second-order valence-corrected chi connectivity index (χ2v) is 9.61. The normalized spacial score (nSPS) is 25.1. The van der Waals surface area contributed by atoms with Crippen molar-refractivity contribution >= 4 is 61.2 Å². The Morgan fingerprint density at radius 2 is 1.68 bits per heavy atom. The number of alkyl halides is 2. The molecule has 0 spiro atoms. The number of nitrogens with zero attached hydrogens (tertiary/aromatic N) is 1. The topological polar surface area (TPSA) is 111 Å². The van der Waals surface area contributed by atoms with Gasteiger partial charge < -0.3 is 19.5 Å². The molecule has 31 heavy (non-hydrogen) atoms. The van der Waals surface area contributed by atoms with Gasteiger partial charge in [0.2, 0.25) is 11.8 Å². The summed E-state index contributed by atoms with van der Waals surface area (Å²) in [5.74, 6) is -2.15. The summed E-state index contributed by atoms with van der Waals surface area (Å²) < 4.78 is 15.3. The van der Waals surface area contributed by atoms with Gasteiger partial charge in [0.25, 0.3) is 5.91 Å². The van der Waals surface area contributed by atoms with Gasteiger partial charge in [-0.15, -0.1) is 0 Å². The van der Waals surface area contributed by atoms with Crippen LogP contribution in [-0.2, 0) is 23.9 Å². The minimum absolute atomic E-state index is 0.0784. The first-order valence-electron chi connectivity index (χ1n) is 9.56. The number of halogens is 2. The molecular formula is C20H22Br2N2O7. The average molecular weight is 562 g/mol. The van der Waals surface area contributed by atoms with Crippen LogP contribution in [0.3, 0.4) is 0 Å². The maximum absolute atomic E-state index is 12.6. The molecular weight excluding hydrogens is 540 g/mol. The van der Waals surface area contributed by atoms with Crippen molar-refractivity contribution in [2.24, 2.45) is 11.8 Å². The summed E-state index contributed by atoms with van der Waals surface area (Å²) in [6, 6.07) is 4.86. The van der Waals surface area contributed by atoms with Crippen LogP contribution in [-0.4, -0.2) is 65.6 Å². The lowest BCUT2D eigenvalue weighted by atomic mass is 9.81. The Balaban J connectivity index is 1.54. The molecule has 1 aliphatic heterocycles. The zero-order valence-corrected chi connectivity index (χ0v) is 20.1. The SMILES string of the molecule is COc1ccc(OC)c(NC(=O)COC(=O)CN2C(=O)[C@@H]3C[C@@H](Br)[C@@H](Br)C[C@H]3C2=O)c1. The lowest BCUT2D eigenvalue weighted by Gasteiger charge is -2.29. The minimum Gasteiger partial charge on any atom is -0.497 e. The lowest BCUT2D eigenvalue weighted by Crippen LogP contribution is -2.37. The van der Waals surface area contributed by atoms with E-state index in [2.05, 4.69) is 37.2 Å². The van der Waals surface area contributed by atoms with E-state index in [-0.39, 0.29) is 21.5 Å². The van der Waals surface area contributed by atoms with E-state index in [0.717, 1.165) is 4.90 Å². The van der Waals surface area contributed by atoms with Gasteiger partial charge in [0, 0.05) is 15.7 Å². The zero-order chi connectivity index (χ0) is 22.7. The molecule has 0 radical (unpaired) electrons. The lowest BCUT2D eigenvalue weighted by molar-refractivity contribution is -0.154. The van der Waals surface area contributed by atoms with Crippen molar-refractivity contribution in [3.8, 4) is 11.5 Å². The van der Waals surface area contributed by atoms with Crippen molar-refractivity contribution in [3.63, 3.8) is 0 Å². The van der Waals surface area contributed by atoms with Crippen molar-refractivity contribution < 1.29 is 33.4 Å². The van der Waals surface area contributed by atoms with Gasteiger partial charge in [-0.3, -0.25) is 24.1 Å². The number of likely N-dealkylation sites (tertiary alicyclic amines) is 1. The molecule has 0 bridgehead atoms. The number of fused-ring (bicyclic) bond motifs is 1. The molecule has 0 aromatic heterocycles. The van der Waals surface area contributed by atoms with Gasteiger partial charge in [0.1, 0.15) is 18.0 Å². The number of carbonyl (C=O) groups excluding carboxylic acids is 4. The van der Waals surface area contributed by atoms with Crippen molar-refractivity contribution in [2.45, 2.75) is 22.5 Å². The Hall–Kier alpha value is -2.14. The van der Waals surface area contributed by atoms with Crippen LogP contribution < -0.4 is 14.8 Å². The number of ether oxygens (including phenoxy) is 3. The number of hydrogen-bond donors (Lipinski definition) is 1. The third-order valence-corrected chi connectivity index (χ3v) is 8.07. The molecule has 1 N–H and O–H groups in total. The van der Waals surface area contributed by atoms with Crippen LogP contribution >= 0.6 is 31.9 Å². The Morgan fingerprint density at radius 3 is 2.23 bits per heavy atom. The number of imide groups is 1. The van der Waals surface area contributed by atoms with E-state index >= 15 is 0 Å². The quantitative estimate of drug-likeness (QED) is 0.308. The highest BCUT2D eigenvalue weighted by Crippen LogP contribution is 2.43. The molecule has 1 aromatic carbocycles. The summed E-state index contributed by atoms with van der Waals surface area (Å²) in [6.45, 7) is -1.09. The second kappa shape index (κ2) is 9.99. The fourth-order valence-corrected chi connectivity index (χ4v) is 4.98. The van der Waals surface area contributed by atoms with Crippen LogP contribution in [0.4, 0.5) is 5.69 Å². The van der Waals surface area contributed by atoms with E-state index in [9.17, 15) is 19.2 Å². The van der Waals surface area contributed by atoms with Gasteiger partial charge in [-0.2, -0.15) is 0 Å². The van der Waals surface area contributed by atoms with Gasteiger partial charge >= 0.3 is 5.97 Å². The smallest absolute Gasteiger partial charge is 0.326 e. The van der Waals surface area contributed by atoms with Crippen LogP contribution in [0.25, 0.3) is 0 Å². The number of rotatable bonds is 7. The second-order valence-electron chi connectivity index (χ2n) is 7.25. The molecule has 1 aromatic rings. The highest BCUT2D eigenvalue weighted by Gasteiger charge is 2.52. The molecule has 1 heterocycles. The summed E-state index contributed by atoms with van der Waals surface area (Å²) in [5.41, 5.74) is 0.352. The number of nitrogens with one attached hydrogen (secondary N) is 1. The standard InChI is InChI=1S/C20H22Br2N2O7/c1-29-10-3-4-16(30-2)15(5-10)23-17(25)9-31-18(26)8-24-19(27)11-6-13(21)14(22)7-12(11)20(24)28/h3-5,11-14H,6-9H2,1-2H3,(H,23,25)/t11-,12-,13-,14+/m1/s1. The average Bonchev–Trinajstić information content (AvgIpc) is 2.96. The maximum Gasteiger partial charge on any atom is 0.326 e. The minimum atomic E-state index is -0.834. The first kappa shape index (κ1) is 23.5. The van der Waals surface area contributed by atoms with E-state index < -0.39 is 36.9 Å². The van der Waals surface area contributed by atoms with Crippen molar-refractivity contribution in [3.05, 3.63) is 18.2 Å². The summed E-state index contributed by atoms with van der Waals surface area (Å²) in [7, 11) is 2.94. The van der Waals surface area contributed by atoms with E-state index in [1.54, 1.807) is 18.2 Å². The van der Waals surface area contributed by atoms with Crippen LogP contribution in [0.15, 0.2) is 18.2 Å². The Bertz CT molecular complexity index is 866. The van der Waals surface area contributed by atoms with Gasteiger partial charge in [-0.05, 0) is 25.0 Å². The highest BCUT2D eigenvalue weighted by atomic mass is 79.9. The highest BCUT2D eigenvalue weighted by molar-refractivity contribution is 9.12.